The Morgan fingerprint density at radius 2 is 1.48 bits per heavy atom. The molecule has 0 bridgehead atoms. The number of aryl methyl sites for hydroxylation is 2. The number of nitrogens with zero attached hydrogens (tertiary/aromatic N) is 2. The Morgan fingerprint density at radius 3 is 2.23 bits per heavy atom. The Balaban J connectivity index is 1.45. The minimum atomic E-state index is 0.838. The molecule has 1 aliphatic rings. The van der Waals surface area contributed by atoms with Gasteiger partial charge in [-0.1, -0.05) is 109 Å². The molecule has 1 aliphatic carbocycles. The lowest BCUT2D eigenvalue weighted by Gasteiger charge is -2.24. The number of unbranched alkanes of at least 4 members (excludes halogenated alkanes) is 9. The van der Waals surface area contributed by atoms with Crippen molar-refractivity contribution in [1.82, 2.24) is 9.97 Å². The van der Waals surface area contributed by atoms with Crippen molar-refractivity contribution >= 4 is 0 Å². The molecule has 3 rings (SSSR count). The molecule has 1 heterocycles. The van der Waals surface area contributed by atoms with Gasteiger partial charge in [0.1, 0.15) is 0 Å². The molecular weight excluding hydrogens is 376 g/mol. The van der Waals surface area contributed by atoms with Gasteiger partial charge < -0.3 is 0 Å². The molecule has 1 aromatic heterocycles. The van der Waals surface area contributed by atoms with Crippen molar-refractivity contribution in [2.75, 3.05) is 0 Å². The summed E-state index contributed by atoms with van der Waals surface area (Å²) in [5.41, 5.74) is 5.29. The van der Waals surface area contributed by atoms with E-state index in [4.69, 9.17) is 9.97 Å². The minimum absolute atomic E-state index is 0.838. The van der Waals surface area contributed by atoms with Crippen molar-refractivity contribution in [3.63, 3.8) is 0 Å². The first-order chi connectivity index (χ1) is 15.3. The molecule has 0 N–H and O–H groups in total. The fourth-order valence-electron chi connectivity index (χ4n) is 4.93. The van der Waals surface area contributed by atoms with Crippen LogP contribution in [0.3, 0.4) is 0 Å². The van der Waals surface area contributed by atoms with E-state index in [-0.39, 0.29) is 0 Å². The summed E-state index contributed by atoms with van der Waals surface area (Å²) in [7, 11) is 0. The van der Waals surface area contributed by atoms with Crippen LogP contribution in [0.25, 0.3) is 11.4 Å². The lowest BCUT2D eigenvalue weighted by Crippen LogP contribution is -2.16. The van der Waals surface area contributed by atoms with E-state index in [1.54, 1.807) is 0 Å². The second-order valence-corrected chi connectivity index (χ2v) is 9.69. The lowest BCUT2D eigenvalue weighted by molar-refractivity contribution is 0.399. The van der Waals surface area contributed by atoms with Crippen LogP contribution in [-0.2, 0) is 19.3 Å². The Kier molecular flexibility index (Phi) is 10.6. The third-order valence-corrected chi connectivity index (χ3v) is 7.00. The van der Waals surface area contributed by atoms with Gasteiger partial charge in [-0.2, -0.15) is 0 Å². The Bertz CT molecular complexity index is 750. The molecule has 1 unspecified atom stereocenters. The largest absolute Gasteiger partial charge is 0.236 e. The summed E-state index contributed by atoms with van der Waals surface area (Å²) in [6.07, 6.45) is 23.4. The van der Waals surface area contributed by atoms with Crippen LogP contribution in [-0.4, -0.2) is 9.97 Å². The number of hydrogen-bond donors (Lipinski definition) is 0. The summed E-state index contributed by atoms with van der Waals surface area (Å²) in [6.45, 7) is 4.56. The second-order valence-electron chi connectivity index (χ2n) is 9.69. The van der Waals surface area contributed by atoms with E-state index in [0.717, 1.165) is 23.7 Å². The van der Waals surface area contributed by atoms with Crippen LogP contribution in [0.15, 0.2) is 30.5 Å². The number of benzene rings is 1. The zero-order valence-electron chi connectivity index (χ0n) is 20.2. The Morgan fingerprint density at radius 1 is 0.806 bits per heavy atom. The van der Waals surface area contributed by atoms with Gasteiger partial charge in [-0.05, 0) is 49.1 Å². The molecule has 0 fully saturated rings. The summed E-state index contributed by atoms with van der Waals surface area (Å²) in [6, 6.07) is 8.96. The molecular formula is C29H44N2. The molecule has 0 aliphatic heterocycles. The number of rotatable bonds is 14. The van der Waals surface area contributed by atoms with Crippen molar-refractivity contribution in [3.8, 4) is 11.4 Å². The highest BCUT2D eigenvalue weighted by molar-refractivity contribution is 5.55. The molecule has 170 valence electrons. The van der Waals surface area contributed by atoms with Crippen molar-refractivity contribution in [2.24, 2.45) is 5.92 Å². The van der Waals surface area contributed by atoms with Gasteiger partial charge in [0.25, 0.3) is 0 Å². The SMILES string of the molecule is CCCCCCCCCC1CCc2nc(-c3ccc(CCCCCC)cc3)ncc2C1. The highest BCUT2D eigenvalue weighted by atomic mass is 14.9. The molecule has 31 heavy (non-hydrogen) atoms. The first-order valence-corrected chi connectivity index (χ1v) is 13.2. The van der Waals surface area contributed by atoms with E-state index in [1.807, 2.05) is 0 Å². The molecule has 0 amide bonds. The molecule has 2 aromatic rings. The standard InChI is InChI=1S/C29H44N2/c1-3-5-7-9-10-11-13-15-25-18-21-28-27(22-25)23-30-29(31-28)26-19-16-24(17-20-26)14-12-8-6-4-2/h16-17,19-20,23,25H,3-15,18,21-22H2,1-2H3. The molecule has 2 heteroatoms. The van der Waals surface area contributed by atoms with Gasteiger partial charge in [-0.25, -0.2) is 9.97 Å². The summed E-state index contributed by atoms with van der Waals surface area (Å²) in [5.74, 6) is 1.74. The fourth-order valence-corrected chi connectivity index (χ4v) is 4.93. The molecule has 0 saturated carbocycles. The van der Waals surface area contributed by atoms with Crippen LogP contribution >= 0.6 is 0 Å². The van der Waals surface area contributed by atoms with E-state index < -0.39 is 0 Å². The summed E-state index contributed by atoms with van der Waals surface area (Å²) < 4.78 is 0. The zero-order valence-corrected chi connectivity index (χ0v) is 20.2. The van der Waals surface area contributed by atoms with Crippen molar-refractivity contribution in [2.45, 2.75) is 117 Å². The average molecular weight is 421 g/mol. The number of hydrogen-bond acceptors (Lipinski definition) is 2. The zero-order chi connectivity index (χ0) is 21.7. The molecule has 0 spiro atoms. The first kappa shape index (κ1) is 24.0. The van der Waals surface area contributed by atoms with Crippen LogP contribution in [0.1, 0.15) is 114 Å². The lowest BCUT2D eigenvalue weighted by atomic mass is 9.84. The smallest absolute Gasteiger partial charge is 0.159 e. The van der Waals surface area contributed by atoms with E-state index in [1.165, 1.54) is 113 Å². The second kappa shape index (κ2) is 13.7. The highest BCUT2D eigenvalue weighted by Gasteiger charge is 2.20. The van der Waals surface area contributed by atoms with Crippen LogP contribution < -0.4 is 0 Å². The van der Waals surface area contributed by atoms with E-state index in [9.17, 15) is 0 Å². The maximum absolute atomic E-state index is 4.96. The fraction of sp³-hybridized carbons (Fsp3) is 0.655. The molecule has 1 aromatic carbocycles. The minimum Gasteiger partial charge on any atom is -0.236 e. The van der Waals surface area contributed by atoms with Crippen LogP contribution in [0, 0.1) is 5.92 Å². The number of aromatic nitrogens is 2. The molecule has 0 radical (unpaired) electrons. The van der Waals surface area contributed by atoms with Crippen molar-refractivity contribution < 1.29 is 0 Å². The monoisotopic (exact) mass is 420 g/mol. The third kappa shape index (κ3) is 8.05. The summed E-state index contributed by atoms with van der Waals surface area (Å²) in [4.78, 5) is 9.70. The van der Waals surface area contributed by atoms with Gasteiger partial charge in [0.15, 0.2) is 5.82 Å². The normalized spacial score (nSPS) is 15.7. The quantitative estimate of drug-likeness (QED) is 0.286. The summed E-state index contributed by atoms with van der Waals surface area (Å²) >= 11 is 0. The van der Waals surface area contributed by atoms with Crippen molar-refractivity contribution in [1.29, 1.82) is 0 Å². The van der Waals surface area contributed by atoms with Gasteiger partial charge in [0, 0.05) is 17.5 Å². The van der Waals surface area contributed by atoms with Crippen molar-refractivity contribution in [3.05, 3.63) is 47.3 Å². The van der Waals surface area contributed by atoms with Crippen LogP contribution in [0.4, 0.5) is 0 Å². The van der Waals surface area contributed by atoms with Gasteiger partial charge in [-0.3, -0.25) is 0 Å². The van der Waals surface area contributed by atoms with Gasteiger partial charge >= 0.3 is 0 Å². The first-order valence-electron chi connectivity index (χ1n) is 13.2. The predicted molar refractivity (Wildman–Crippen MR) is 133 cm³/mol. The van der Waals surface area contributed by atoms with E-state index in [0.29, 0.717) is 0 Å². The van der Waals surface area contributed by atoms with E-state index in [2.05, 4.69) is 44.3 Å². The Labute approximate surface area is 191 Å². The third-order valence-electron chi connectivity index (χ3n) is 7.00. The topological polar surface area (TPSA) is 25.8 Å². The number of fused-ring (bicyclic) bond motifs is 1. The summed E-state index contributed by atoms with van der Waals surface area (Å²) in [5, 5.41) is 0. The molecule has 0 saturated heterocycles. The van der Waals surface area contributed by atoms with Gasteiger partial charge in [0.2, 0.25) is 0 Å². The maximum atomic E-state index is 4.96. The van der Waals surface area contributed by atoms with Crippen LogP contribution in [0.2, 0.25) is 0 Å². The highest BCUT2D eigenvalue weighted by Crippen LogP contribution is 2.29. The Hall–Kier alpha value is -1.70. The van der Waals surface area contributed by atoms with E-state index >= 15 is 0 Å². The average Bonchev–Trinajstić information content (AvgIpc) is 2.81. The molecule has 1 atom stereocenters. The van der Waals surface area contributed by atoms with Gasteiger partial charge in [0.05, 0.1) is 0 Å². The maximum Gasteiger partial charge on any atom is 0.159 e. The predicted octanol–water partition coefficient (Wildman–Crippen LogP) is 8.51. The van der Waals surface area contributed by atoms with Crippen LogP contribution in [0.5, 0.6) is 0 Å². The molecule has 2 nitrogen and oxygen atoms in total. The van der Waals surface area contributed by atoms with Gasteiger partial charge in [-0.15, -0.1) is 0 Å².